The first-order valence-corrected chi connectivity index (χ1v) is 9.75. The maximum absolute atomic E-state index is 13.9. The number of hydrogen-bond donors (Lipinski definition) is 1. The van der Waals surface area contributed by atoms with E-state index in [0.29, 0.717) is 18.8 Å². The van der Waals surface area contributed by atoms with Gasteiger partial charge in [0.25, 0.3) is 0 Å². The zero-order chi connectivity index (χ0) is 21.1. The van der Waals surface area contributed by atoms with Gasteiger partial charge in [-0.05, 0) is 65.1 Å². The molecule has 4 rings (SSSR count). The van der Waals surface area contributed by atoms with Gasteiger partial charge >= 0.3 is 0 Å². The molecular weight excluding hydrogens is 379 g/mol. The number of phenols is 1. The van der Waals surface area contributed by atoms with Gasteiger partial charge in [-0.15, -0.1) is 0 Å². The molecule has 0 spiro atoms. The highest BCUT2D eigenvalue weighted by molar-refractivity contribution is 6.00. The Kier molecular flexibility index (Phi) is 5.48. The summed E-state index contributed by atoms with van der Waals surface area (Å²) in [6.45, 7) is 1.94. The van der Waals surface area contributed by atoms with Crippen LogP contribution < -0.4 is 4.74 Å². The van der Waals surface area contributed by atoms with Crippen molar-refractivity contribution in [1.29, 1.82) is 0 Å². The van der Waals surface area contributed by atoms with Crippen LogP contribution >= 0.6 is 0 Å². The zero-order valence-electron chi connectivity index (χ0n) is 16.6. The number of carbonyl (C=O) groups excluding carboxylic acids is 1. The van der Waals surface area contributed by atoms with Gasteiger partial charge in [-0.2, -0.15) is 0 Å². The van der Waals surface area contributed by atoms with Crippen LogP contribution in [0.15, 0.2) is 72.8 Å². The van der Waals surface area contributed by atoms with Crippen LogP contribution in [0, 0.1) is 5.82 Å². The van der Waals surface area contributed by atoms with Gasteiger partial charge < -0.3 is 9.84 Å². The second kappa shape index (κ2) is 8.37. The fraction of sp³-hybridized carbons (Fsp3) is 0.115. The van der Waals surface area contributed by atoms with Gasteiger partial charge in [0.05, 0.1) is 6.61 Å². The van der Waals surface area contributed by atoms with Crippen LogP contribution in [0.2, 0.25) is 0 Å². The summed E-state index contributed by atoms with van der Waals surface area (Å²) in [5.74, 6) is 0.369. The lowest BCUT2D eigenvalue weighted by atomic mass is 9.88. The molecule has 0 saturated heterocycles. The Bertz CT molecular complexity index is 1140. The first-order valence-electron chi connectivity index (χ1n) is 9.75. The number of phenolic OH excluding ortho intramolecular Hbond substituents is 1. The molecule has 1 heterocycles. The Morgan fingerprint density at radius 3 is 2.40 bits per heavy atom. The molecule has 0 radical (unpaired) electrons. The third-order valence-corrected chi connectivity index (χ3v) is 5.05. The van der Waals surface area contributed by atoms with E-state index in [9.17, 15) is 14.3 Å². The van der Waals surface area contributed by atoms with Crippen LogP contribution in [0.3, 0.4) is 0 Å². The number of fused-ring (bicyclic) bond motifs is 1. The van der Waals surface area contributed by atoms with Crippen LogP contribution in [0.5, 0.6) is 11.5 Å². The minimum atomic E-state index is -0.342. The van der Waals surface area contributed by atoms with Gasteiger partial charge in [0.1, 0.15) is 17.3 Å². The molecule has 0 aliphatic carbocycles. The first-order chi connectivity index (χ1) is 14.5. The standard InChI is InChI=1S/C26H21FO3/c1-17(28)2-3-18-4-6-20(7-5-18)26-23(19-8-11-22(29)12-9-19)14-15-30-25-16-21(27)10-13-24(25)26/h2-13,16,29H,14-15H2,1H3/b3-2+. The topological polar surface area (TPSA) is 46.5 Å². The number of aromatic hydroxyl groups is 1. The summed E-state index contributed by atoms with van der Waals surface area (Å²) in [4.78, 5) is 11.2. The fourth-order valence-electron chi connectivity index (χ4n) is 3.63. The number of allylic oxidation sites excluding steroid dienone is 1. The molecule has 0 atom stereocenters. The maximum Gasteiger partial charge on any atom is 0.152 e. The summed E-state index contributed by atoms with van der Waals surface area (Å²) in [5.41, 5.74) is 5.72. The molecule has 150 valence electrons. The van der Waals surface area contributed by atoms with E-state index in [0.717, 1.165) is 33.4 Å². The van der Waals surface area contributed by atoms with E-state index < -0.39 is 0 Å². The molecule has 1 aliphatic rings. The number of hydrogen-bond acceptors (Lipinski definition) is 3. The number of ketones is 1. The van der Waals surface area contributed by atoms with E-state index in [1.54, 1.807) is 24.3 Å². The van der Waals surface area contributed by atoms with Gasteiger partial charge in [-0.1, -0.05) is 42.5 Å². The van der Waals surface area contributed by atoms with Crippen LogP contribution in [0.4, 0.5) is 4.39 Å². The summed E-state index contributed by atoms with van der Waals surface area (Å²) in [5, 5.41) is 9.69. The molecule has 3 aromatic carbocycles. The number of ether oxygens (including phenoxy) is 1. The third-order valence-electron chi connectivity index (χ3n) is 5.05. The van der Waals surface area contributed by atoms with Crippen molar-refractivity contribution >= 4 is 23.0 Å². The van der Waals surface area contributed by atoms with E-state index >= 15 is 0 Å². The number of halogens is 1. The summed E-state index contributed by atoms with van der Waals surface area (Å²) in [6.07, 6.45) is 3.96. The highest BCUT2D eigenvalue weighted by atomic mass is 19.1. The lowest BCUT2D eigenvalue weighted by Gasteiger charge is -2.15. The number of carbonyl (C=O) groups is 1. The molecule has 0 bridgehead atoms. The third kappa shape index (κ3) is 4.18. The molecule has 3 aromatic rings. The van der Waals surface area contributed by atoms with Crippen LogP contribution in [0.1, 0.15) is 35.6 Å². The van der Waals surface area contributed by atoms with Gasteiger partial charge in [0.2, 0.25) is 0 Å². The number of rotatable bonds is 4. The van der Waals surface area contributed by atoms with E-state index in [-0.39, 0.29) is 17.3 Å². The van der Waals surface area contributed by atoms with Crippen LogP contribution in [-0.4, -0.2) is 17.5 Å². The Labute approximate surface area is 174 Å². The van der Waals surface area contributed by atoms with Crippen molar-refractivity contribution in [2.45, 2.75) is 13.3 Å². The van der Waals surface area contributed by atoms with Crippen molar-refractivity contribution in [2.24, 2.45) is 0 Å². The quantitative estimate of drug-likeness (QED) is 0.557. The molecule has 1 aliphatic heterocycles. The average molecular weight is 400 g/mol. The Morgan fingerprint density at radius 2 is 1.70 bits per heavy atom. The smallest absolute Gasteiger partial charge is 0.152 e. The van der Waals surface area contributed by atoms with Crippen LogP contribution in [0.25, 0.3) is 17.2 Å². The van der Waals surface area contributed by atoms with E-state index in [4.69, 9.17) is 4.74 Å². The Morgan fingerprint density at radius 1 is 1.00 bits per heavy atom. The molecule has 1 N–H and O–H groups in total. The van der Waals surface area contributed by atoms with Gasteiger partial charge in [-0.25, -0.2) is 4.39 Å². The largest absolute Gasteiger partial charge is 0.508 e. The van der Waals surface area contributed by atoms with Gasteiger partial charge in [0.15, 0.2) is 5.78 Å². The molecule has 0 saturated carbocycles. The summed E-state index contributed by atoms with van der Waals surface area (Å²) >= 11 is 0. The lowest BCUT2D eigenvalue weighted by Crippen LogP contribution is -1.97. The predicted octanol–water partition coefficient (Wildman–Crippen LogP) is 5.88. The summed E-state index contributed by atoms with van der Waals surface area (Å²) in [6, 6.07) is 19.6. The van der Waals surface area contributed by atoms with Crippen molar-refractivity contribution in [2.75, 3.05) is 6.61 Å². The predicted molar refractivity (Wildman–Crippen MR) is 117 cm³/mol. The van der Waals surface area contributed by atoms with Crippen molar-refractivity contribution in [3.63, 3.8) is 0 Å². The summed E-state index contributed by atoms with van der Waals surface area (Å²) < 4.78 is 19.7. The minimum absolute atomic E-state index is 0.00623. The van der Waals surface area contributed by atoms with Crippen molar-refractivity contribution < 1.29 is 19.0 Å². The molecule has 0 fully saturated rings. The normalized spacial score (nSPS) is 13.7. The molecule has 0 aromatic heterocycles. The molecule has 0 unspecified atom stereocenters. The minimum Gasteiger partial charge on any atom is -0.508 e. The van der Waals surface area contributed by atoms with E-state index in [2.05, 4.69) is 0 Å². The Balaban J connectivity index is 1.89. The lowest BCUT2D eigenvalue weighted by molar-refractivity contribution is -0.112. The fourth-order valence-corrected chi connectivity index (χ4v) is 3.63. The molecule has 30 heavy (non-hydrogen) atoms. The monoisotopic (exact) mass is 400 g/mol. The van der Waals surface area contributed by atoms with E-state index in [1.165, 1.54) is 25.1 Å². The second-order valence-electron chi connectivity index (χ2n) is 7.21. The molecular formula is C26H21FO3. The SMILES string of the molecule is CC(=O)/C=C/c1ccc(C2=C(c3ccc(O)cc3)CCOc3cc(F)ccc32)cc1. The zero-order valence-corrected chi connectivity index (χ0v) is 16.6. The Hall–Kier alpha value is -3.66. The highest BCUT2D eigenvalue weighted by Crippen LogP contribution is 2.41. The van der Waals surface area contributed by atoms with Crippen molar-refractivity contribution in [3.05, 3.63) is 101 Å². The van der Waals surface area contributed by atoms with Crippen molar-refractivity contribution in [1.82, 2.24) is 0 Å². The van der Waals surface area contributed by atoms with Crippen LogP contribution in [-0.2, 0) is 4.79 Å². The molecule has 3 nitrogen and oxygen atoms in total. The second-order valence-corrected chi connectivity index (χ2v) is 7.21. The molecule has 4 heteroatoms. The maximum atomic E-state index is 13.9. The van der Waals surface area contributed by atoms with Gasteiger partial charge in [0, 0.05) is 18.1 Å². The molecule has 0 amide bonds. The average Bonchev–Trinajstić information content (AvgIpc) is 2.92. The van der Waals surface area contributed by atoms with Crippen molar-refractivity contribution in [3.8, 4) is 11.5 Å². The number of benzene rings is 3. The summed E-state index contributed by atoms with van der Waals surface area (Å²) in [7, 11) is 0. The van der Waals surface area contributed by atoms with Gasteiger partial charge in [-0.3, -0.25) is 4.79 Å². The highest BCUT2D eigenvalue weighted by Gasteiger charge is 2.21. The van der Waals surface area contributed by atoms with E-state index in [1.807, 2.05) is 36.4 Å². The first kappa shape index (κ1) is 19.6.